The second-order valence-electron chi connectivity index (χ2n) is 4.99. The topological polar surface area (TPSA) is 126 Å². The van der Waals surface area contributed by atoms with Crippen LogP contribution in [0.1, 0.15) is 20.2 Å². The van der Waals surface area contributed by atoms with Crippen LogP contribution in [0.5, 0.6) is 11.5 Å². The minimum absolute atomic E-state index is 0.000290. The Balaban J connectivity index is 1.46. The molecule has 0 fully saturated rings. The van der Waals surface area contributed by atoms with E-state index < -0.39 is 6.10 Å². The van der Waals surface area contributed by atoms with Crippen LogP contribution in [-0.4, -0.2) is 59.3 Å². The first kappa shape index (κ1) is 16.3. The number of aromatic nitrogens is 2. The molecule has 0 radical (unpaired) electrons. The van der Waals surface area contributed by atoms with E-state index in [-0.39, 0.29) is 24.9 Å². The molecule has 0 saturated carbocycles. The van der Waals surface area contributed by atoms with E-state index in [0.29, 0.717) is 35.3 Å². The number of aliphatic hydroxyl groups is 1. The Kier molecular flexibility index (Phi) is 4.96. The molecule has 24 heavy (non-hydrogen) atoms. The van der Waals surface area contributed by atoms with Crippen LogP contribution in [0.3, 0.4) is 0 Å². The Bertz CT molecular complexity index is 715. The molecule has 2 amide bonds. The molecule has 1 unspecified atom stereocenters. The lowest BCUT2D eigenvalue weighted by Gasteiger charge is -2.16. The van der Waals surface area contributed by atoms with E-state index in [9.17, 15) is 14.7 Å². The van der Waals surface area contributed by atoms with Crippen LogP contribution in [0.15, 0.2) is 17.9 Å². The van der Waals surface area contributed by atoms with Gasteiger partial charge in [-0.25, -0.2) is 4.98 Å². The quantitative estimate of drug-likeness (QED) is 0.569. The largest absolute Gasteiger partial charge is 0.485 e. The number of H-pyrrole nitrogens is 1. The number of aliphatic hydroxyl groups excluding tert-OH is 1. The number of nitrogens with zero attached hydrogens (tertiary/aromatic N) is 1. The van der Waals surface area contributed by atoms with Gasteiger partial charge in [0.15, 0.2) is 11.5 Å². The molecule has 0 aromatic carbocycles. The zero-order valence-electron chi connectivity index (χ0n) is 12.6. The minimum atomic E-state index is -0.922. The number of amides is 2. The summed E-state index contributed by atoms with van der Waals surface area (Å²) in [5.74, 6) is 0.260. The number of hydrogen-bond donors (Lipinski definition) is 4. The fourth-order valence-corrected chi connectivity index (χ4v) is 2.91. The highest BCUT2D eigenvalue weighted by Gasteiger charge is 2.23. The first-order chi connectivity index (χ1) is 11.6. The van der Waals surface area contributed by atoms with Crippen molar-refractivity contribution >= 4 is 23.2 Å². The molecule has 0 bridgehead atoms. The van der Waals surface area contributed by atoms with Crippen molar-refractivity contribution in [2.45, 2.75) is 6.10 Å². The average Bonchev–Trinajstić information content (AvgIpc) is 3.26. The predicted molar refractivity (Wildman–Crippen MR) is 84.6 cm³/mol. The molecule has 2 aromatic rings. The van der Waals surface area contributed by atoms with Crippen LogP contribution < -0.4 is 20.1 Å². The van der Waals surface area contributed by atoms with Gasteiger partial charge in [-0.3, -0.25) is 9.59 Å². The molecular weight excluding hydrogens is 336 g/mol. The van der Waals surface area contributed by atoms with Crippen molar-refractivity contribution in [2.75, 3.05) is 26.3 Å². The van der Waals surface area contributed by atoms with E-state index in [1.807, 2.05) is 0 Å². The molecule has 2 aromatic heterocycles. The second-order valence-corrected chi connectivity index (χ2v) is 5.87. The standard InChI is InChI=1S/C14H16N4O5S/c19-8(3-16-13(20)9-5-15-7-18-9)4-17-14(21)12-11-10(6-24-12)22-1-2-23-11/h5-8,19H,1-4H2,(H,15,18)(H,16,20)(H,17,21). The van der Waals surface area contributed by atoms with Crippen LogP contribution in [0.4, 0.5) is 0 Å². The van der Waals surface area contributed by atoms with Gasteiger partial charge in [0.1, 0.15) is 23.8 Å². The molecule has 1 aliphatic rings. The summed E-state index contributed by atoms with van der Waals surface area (Å²) in [5, 5.41) is 16.7. The Hall–Kier alpha value is -2.59. The van der Waals surface area contributed by atoms with Crippen molar-refractivity contribution in [1.29, 1.82) is 0 Å². The van der Waals surface area contributed by atoms with Crippen molar-refractivity contribution in [1.82, 2.24) is 20.6 Å². The molecule has 4 N–H and O–H groups in total. The zero-order valence-corrected chi connectivity index (χ0v) is 13.4. The number of fused-ring (bicyclic) bond motifs is 1. The fourth-order valence-electron chi connectivity index (χ4n) is 2.07. The maximum atomic E-state index is 12.2. The number of nitrogens with one attached hydrogen (secondary N) is 3. The number of aromatic amines is 1. The maximum Gasteiger partial charge on any atom is 0.269 e. The molecule has 0 spiro atoms. The molecule has 3 rings (SSSR count). The van der Waals surface area contributed by atoms with Gasteiger partial charge < -0.3 is 30.2 Å². The van der Waals surface area contributed by atoms with Gasteiger partial charge >= 0.3 is 0 Å². The van der Waals surface area contributed by atoms with Crippen molar-refractivity contribution < 1.29 is 24.2 Å². The molecular formula is C14H16N4O5S. The van der Waals surface area contributed by atoms with Crippen molar-refractivity contribution in [3.63, 3.8) is 0 Å². The monoisotopic (exact) mass is 352 g/mol. The summed E-state index contributed by atoms with van der Waals surface area (Å²) >= 11 is 1.22. The van der Waals surface area contributed by atoms with Gasteiger partial charge in [-0.1, -0.05) is 0 Å². The van der Waals surface area contributed by atoms with Crippen LogP contribution in [0.2, 0.25) is 0 Å². The number of hydrogen-bond acceptors (Lipinski definition) is 7. The summed E-state index contributed by atoms with van der Waals surface area (Å²) in [6, 6.07) is 0. The zero-order chi connectivity index (χ0) is 16.9. The summed E-state index contributed by atoms with van der Waals surface area (Å²) in [7, 11) is 0. The van der Waals surface area contributed by atoms with Crippen LogP contribution in [-0.2, 0) is 0 Å². The first-order valence-corrected chi connectivity index (χ1v) is 8.13. The minimum Gasteiger partial charge on any atom is -0.485 e. The Morgan fingerprint density at radius 1 is 1.29 bits per heavy atom. The highest BCUT2D eigenvalue weighted by molar-refractivity contribution is 7.12. The SMILES string of the molecule is O=C(NCC(O)CNC(=O)c1scc2c1OCCO2)c1cnc[nH]1. The van der Waals surface area contributed by atoms with Crippen molar-refractivity contribution in [2.24, 2.45) is 0 Å². The number of ether oxygens (including phenoxy) is 2. The van der Waals surface area contributed by atoms with E-state index in [2.05, 4.69) is 20.6 Å². The third kappa shape index (κ3) is 3.66. The van der Waals surface area contributed by atoms with Crippen LogP contribution >= 0.6 is 11.3 Å². The highest BCUT2D eigenvalue weighted by Crippen LogP contribution is 2.39. The Morgan fingerprint density at radius 3 is 2.79 bits per heavy atom. The fraction of sp³-hybridized carbons (Fsp3) is 0.357. The third-order valence-electron chi connectivity index (χ3n) is 3.25. The number of imidazole rings is 1. The lowest BCUT2D eigenvalue weighted by Crippen LogP contribution is -2.40. The summed E-state index contributed by atoms with van der Waals surface area (Å²) in [6.07, 6.45) is 1.85. The maximum absolute atomic E-state index is 12.2. The molecule has 9 nitrogen and oxygen atoms in total. The number of thiophene rings is 1. The molecule has 1 aliphatic heterocycles. The smallest absolute Gasteiger partial charge is 0.269 e. The molecule has 0 aliphatic carbocycles. The lowest BCUT2D eigenvalue weighted by molar-refractivity contribution is 0.0880. The lowest BCUT2D eigenvalue weighted by atomic mass is 10.3. The van der Waals surface area contributed by atoms with E-state index in [0.717, 1.165) is 0 Å². The summed E-state index contributed by atoms with van der Waals surface area (Å²) in [4.78, 5) is 30.6. The van der Waals surface area contributed by atoms with Gasteiger partial charge in [0.05, 0.1) is 18.6 Å². The predicted octanol–water partition coefficient (Wildman–Crippen LogP) is -0.237. The van der Waals surface area contributed by atoms with Gasteiger partial charge in [0, 0.05) is 18.5 Å². The molecule has 1 atom stereocenters. The van der Waals surface area contributed by atoms with Crippen molar-refractivity contribution in [3.8, 4) is 11.5 Å². The van der Waals surface area contributed by atoms with E-state index >= 15 is 0 Å². The normalized spacial score (nSPS) is 14.0. The summed E-state index contributed by atoms with van der Waals surface area (Å²) < 4.78 is 10.8. The Morgan fingerprint density at radius 2 is 2.04 bits per heavy atom. The van der Waals surface area contributed by atoms with E-state index in [4.69, 9.17) is 9.47 Å². The van der Waals surface area contributed by atoms with Crippen LogP contribution in [0, 0.1) is 0 Å². The third-order valence-corrected chi connectivity index (χ3v) is 4.19. The number of carbonyl (C=O) groups excluding carboxylic acids is 2. The molecule has 0 saturated heterocycles. The van der Waals surface area contributed by atoms with E-state index in [1.165, 1.54) is 23.9 Å². The second kappa shape index (κ2) is 7.32. The van der Waals surface area contributed by atoms with Gasteiger partial charge in [-0.05, 0) is 0 Å². The van der Waals surface area contributed by atoms with Gasteiger partial charge in [-0.15, -0.1) is 11.3 Å². The van der Waals surface area contributed by atoms with Gasteiger partial charge in [0.25, 0.3) is 11.8 Å². The van der Waals surface area contributed by atoms with Gasteiger partial charge in [-0.2, -0.15) is 0 Å². The first-order valence-electron chi connectivity index (χ1n) is 7.25. The van der Waals surface area contributed by atoms with Crippen LogP contribution in [0.25, 0.3) is 0 Å². The Labute approximate surface area is 141 Å². The average molecular weight is 352 g/mol. The molecule has 3 heterocycles. The number of carbonyl (C=O) groups is 2. The summed E-state index contributed by atoms with van der Waals surface area (Å²) in [6.45, 7) is 0.849. The molecule has 10 heteroatoms. The molecule has 128 valence electrons. The number of rotatable bonds is 6. The van der Waals surface area contributed by atoms with Gasteiger partial charge in [0.2, 0.25) is 0 Å². The van der Waals surface area contributed by atoms with E-state index in [1.54, 1.807) is 5.38 Å². The van der Waals surface area contributed by atoms with Crippen molar-refractivity contribution in [3.05, 3.63) is 28.5 Å². The highest BCUT2D eigenvalue weighted by atomic mass is 32.1. The summed E-state index contributed by atoms with van der Waals surface area (Å²) in [5.41, 5.74) is 0.300.